The van der Waals surface area contributed by atoms with Crippen molar-refractivity contribution in [1.29, 1.82) is 0 Å². The summed E-state index contributed by atoms with van der Waals surface area (Å²) >= 11 is 0. The van der Waals surface area contributed by atoms with E-state index in [1.54, 1.807) is 37.3 Å². The summed E-state index contributed by atoms with van der Waals surface area (Å²) in [6, 6.07) is 21.2. The zero-order valence-corrected chi connectivity index (χ0v) is 24.5. The van der Waals surface area contributed by atoms with Gasteiger partial charge in [-0.25, -0.2) is 0 Å². The van der Waals surface area contributed by atoms with Gasteiger partial charge in [-0.05, 0) is 61.4 Å². The first-order chi connectivity index (χ1) is 20.3. The third kappa shape index (κ3) is 7.92. The number of hydrogen-bond acceptors (Lipinski definition) is 7. The SMILES string of the molecule is CC.C[C@H](NC/C(C=O)=C/c1ccc(Oc2ccccc2)cc1N(C)CCCN1C(=O)c2ccccc2C1=O)C(N)=O. The number of rotatable bonds is 13. The molecule has 3 amide bonds. The molecule has 4 rings (SSSR count). The molecule has 9 heteroatoms. The first kappa shape index (κ1) is 31.8. The Morgan fingerprint density at radius 2 is 1.60 bits per heavy atom. The van der Waals surface area contributed by atoms with Crippen molar-refractivity contribution in [1.82, 2.24) is 10.2 Å². The molecule has 3 aromatic rings. The second-order valence-electron chi connectivity index (χ2n) is 9.56. The fourth-order valence-corrected chi connectivity index (χ4v) is 4.39. The molecule has 220 valence electrons. The molecular weight excluding hydrogens is 532 g/mol. The minimum atomic E-state index is -0.589. The molecule has 1 aliphatic rings. The van der Waals surface area contributed by atoms with Crippen LogP contribution in [0.3, 0.4) is 0 Å². The predicted octanol–water partition coefficient (Wildman–Crippen LogP) is 4.67. The van der Waals surface area contributed by atoms with Crippen LogP contribution in [0.1, 0.15) is 53.5 Å². The smallest absolute Gasteiger partial charge is 0.261 e. The quantitative estimate of drug-likeness (QED) is 0.174. The molecule has 9 nitrogen and oxygen atoms in total. The summed E-state index contributed by atoms with van der Waals surface area (Å²) in [7, 11) is 1.90. The van der Waals surface area contributed by atoms with Gasteiger partial charge in [-0.2, -0.15) is 0 Å². The van der Waals surface area contributed by atoms with Crippen LogP contribution in [0.15, 0.2) is 78.4 Å². The maximum absolute atomic E-state index is 12.7. The summed E-state index contributed by atoms with van der Waals surface area (Å²) in [6.45, 7) is 6.60. The zero-order chi connectivity index (χ0) is 30.6. The number of para-hydroxylation sites is 1. The fraction of sp³-hybridized carbons (Fsp3) is 0.273. The first-order valence-corrected chi connectivity index (χ1v) is 14.0. The van der Waals surface area contributed by atoms with Gasteiger partial charge in [0.05, 0.1) is 17.2 Å². The highest BCUT2D eigenvalue weighted by molar-refractivity contribution is 6.21. The topological polar surface area (TPSA) is 122 Å². The van der Waals surface area contributed by atoms with Crippen molar-refractivity contribution in [3.05, 3.63) is 95.1 Å². The Hall–Kier alpha value is -4.76. The van der Waals surface area contributed by atoms with Crippen molar-refractivity contribution in [3.63, 3.8) is 0 Å². The van der Waals surface area contributed by atoms with E-state index in [9.17, 15) is 19.2 Å². The van der Waals surface area contributed by atoms with Crippen molar-refractivity contribution in [3.8, 4) is 11.5 Å². The van der Waals surface area contributed by atoms with Crippen LogP contribution in [0.25, 0.3) is 6.08 Å². The average Bonchev–Trinajstić information content (AvgIpc) is 3.25. The Morgan fingerprint density at radius 1 is 0.976 bits per heavy atom. The number of fused-ring (bicyclic) bond motifs is 1. The molecule has 0 aliphatic carbocycles. The van der Waals surface area contributed by atoms with Crippen LogP contribution in [-0.4, -0.2) is 61.6 Å². The Kier molecular flexibility index (Phi) is 11.6. The second-order valence-corrected chi connectivity index (χ2v) is 9.56. The Balaban J connectivity index is 0.00000237. The molecule has 1 atom stereocenters. The number of anilines is 1. The number of hydrogen-bond donors (Lipinski definition) is 2. The van der Waals surface area contributed by atoms with Gasteiger partial charge in [0.1, 0.15) is 17.8 Å². The van der Waals surface area contributed by atoms with E-state index in [1.807, 2.05) is 74.3 Å². The van der Waals surface area contributed by atoms with Crippen LogP contribution in [-0.2, 0) is 9.59 Å². The van der Waals surface area contributed by atoms with Crippen molar-refractivity contribution in [2.45, 2.75) is 33.2 Å². The van der Waals surface area contributed by atoms with E-state index in [2.05, 4.69) is 5.32 Å². The summed E-state index contributed by atoms with van der Waals surface area (Å²) in [5, 5.41) is 2.95. The molecule has 0 saturated carbocycles. The van der Waals surface area contributed by atoms with Gasteiger partial charge < -0.3 is 20.7 Å². The van der Waals surface area contributed by atoms with Crippen LogP contribution >= 0.6 is 0 Å². The van der Waals surface area contributed by atoms with Crippen molar-refractivity contribution in [2.24, 2.45) is 5.73 Å². The molecule has 0 saturated heterocycles. The number of carbonyl (C=O) groups is 4. The van der Waals surface area contributed by atoms with Crippen LogP contribution in [0, 0.1) is 0 Å². The maximum Gasteiger partial charge on any atom is 0.261 e. The summed E-state index contributed by atoms with van der Waals surface area (Å²) < 4.78 is 6.03. The molecule has 1 heterocycles. The van der Waals surface area contributed by atoms with Gasteiger partial charge in [0.2, 0.25) is 5.91 Å². The molecule has 42 heavy (non-hydrogen) atoms. The summed E-state index contributed by atoms with van der Waals surface area (Å²) in [5.74, 6) is 0.227. The lowest BCUT2D eigenvalue weighted by molar-refractivity contribution is -0.119. The van der Waals surface area contributed by atoms with Gasteiger partial charge in [-0.3, -0.25) is 24.1 Å². The summed E-state index contributed by atoms with van der Waals surface area (Å²) in [6.07, 6.45) is 3.02. The lowest BCUT2D eigenvalue weighted by Crippen LogP contribution is -2.39. The minimum absolute atomic E-state index is 0.165. The molecular formula is C33H38N4O5. The number of aldehydes is 1. The Labute approximate surface area is 246 Å². The number of nitrogens with two attached hydrogens (primary N) is 1. The molecule has 0 bridgehead atoms. The van der Waals surface area contributed by atoms with Crippen LogP contribution < -0.4 is 20.7 Å². The van der Waals surface area contributed by atoms with E-state index in [-0.39, 0.29) is 24.9 Å². The normalized spacial score (nSPS) is 13.1. The molecule has 1 aliphatic heterocycles. The van der Waals surface area contributed by atoms with Crippen molar-refractivity contribution < 1.29 is 23.9 Å². The third-order valence-electron chi connectivity index (χ3n) is 6.68. The van der Waals surface area contributed by atoms with Crippen LogP contribution in [0.2, 0.25) is 0 Å². The number of amides is 3. The van der Waals surface area contributed by atoms with Gasteiger partial charge >= 0.3 is 0 Å². The van der Waals surface area contributed by atoms with E-state index in [0.717, 1.165) is 17.5 Å². The molecule has 3 N–H and O–H groups in total. The third-order valence-corrected chi connectivity index (χ3v) is 6.68. The maximum atomic E-state index is 12.7. The largest absolute Gasteiger partial charge is 0.457 e. The number of ether oxygens (including phenoxy) is 1. The minimum Gasteiger partial charge on any atom is -0.457 e. The number of carbonyl (C=O) groups excluding carboxylic acids is 4. The predicted molar refractivity (Wildman–Crippen MR) is 165 cm³/mol. The fourth-order valence-electron chi connectivity index (χ4n) is 4.39. The number of nitrogens with one attached hydrogen (secondary N) is 1. The second kappa shape index (κ2) is 15.3. The van der Waals surface area contributed by atoms with Gasteiger partial charge in [-0.15, -0.1) is 0 Å². The zero-order valence-electron chi connectivity index (χ0n) is 24.5. The Bertz CT molecular complexity index is 1400. The number of primary amides is 1. The Morgan fingerprint density at radius 3 is 2.19 bits per heavy atom. The van der Waals surface area contributed by atoms with E-state index in [0.29, 0.717) is 41.2 Å². The summed E-state index contributed by atoms with van der Waals surface area (Å²) in [5.41, 5.74) is 8.17. The monoisotopic (exact) mass is 570 g/mol. The van der Waals surface area contributed by atoms with Crippen molar-refractivity contribution in [2.75, 3.05) is 31.6 Å². The van der Waals surface area contributed by atoms with Gasteiger partial charge in [-0.1, -0.05) is 44.2 Å². The highest BCUT2D eigenvalue weighted by atomic mass is 16.5. The first-order valence-electron chi connectivity index (χ1n) is 14.0. The number of nitrogens with zero attached hydrogens (tertiary/aromatic N) is 2. The van der Waals surface area contributed by atoms with E-state index in [4.69, 9.17) is 10.5 Å². The number of imide groups is 1. The molecule has 0 aromatic heterocycles. The molecule has 0 radical (unpaired) electrons. The van der Waals surface area contributed by atoms with E-state index >= 15 is 0 Å². The lowest BCUT2D eigenvalue weighted by atomic mass is 10.1. The highest BCUT2D eigenvalue weighted by Gasteiger charge is 2.34. The molecule has 0 unspecified atom stereocenters. The van der Waals surface area contributed by atoms with Crippen LogP contribution in [0.4, 0.5) is 5.69 Å². The standard InChI is InChI=1S/C31H32N4O5.C2H6/c1-21(29(32)37)33-19-22(20-36)17-23-13-14-25(40-24-9-4-3-5-10-24)18-28(23)34(2)15-8-16-35-30(38)26-11-6-7-12-27(26)31(35)39;1-2/h3-7,9-14,17-18,20-21,33H,8,15-16,19H2,1-2H3,(H2,32,37);1-2H3/b22-17-;/t21-;/m0./s1. The van der Waals surface area contributed by atoms with Gasteiger partial charge in [0.15, 0.2) is 0 Å². The summed E-state index contributed by atoms with van der Waals surface area (Å²) in [4.78, 5) is 51.9. The number of benzene rings is 3. The highest BCUT2D eigenvalue weighted by Crippen LogP contribution is 2.31. The van der Waals surface area contributed by atoms with Crippen LogP contribution in [0.5, 0.6) is 11.5 Å². The van der Waals surface area contributed by atoms with E-state index < -0.39 is 11.9 Å². The lowest BCUT2D eigenvalue weighted by Gasteiger charge is -2.24. The van der Waals surface area contributed by atoms with Gasteiger partial charge in [0, 0.05) is 44.0 Å². The van der Waals surface area contributed by atoms with Crippen molar-refractivity contribution >= 4 is 35.8 Å². The van der Waals surface area contributed by atoms with E-state index in [1.165, 1.54) is 4.90 Å². The van der Waals surface area contributed by atoms with Gasteiger partial charge in [0.25, 0.3) is 11.8 Å². The molecule has 0 spiro atoms. The molecule has 3 aromatic carbocycles. The molecule has 0 fully saturated rings. The average molecular weight is 571 g/mol.